The molecule has 1 aliphatic rings. The lowest BCUT2D eigenvalue weighted by Crippen LogP contribution is -2.14. The first-order valence-electron chi connectivity index (χ1n) is 11.9. The molecule has 4 rings (SSSR count). The minimum Gasteiger partial charge on any atom is -0.491 e. The lowest BCUT2D eigenvalue weighted by Gasteiger charge is -2.29. The predicted molar refractivity (Wildman–Crippen MR) is 124 cm³/mol. The third-order valence-corrected chi connectivity index (χ3v) is 6.65. The van der Waals surface area contributed by atoms with Gasteiger partial charge in [0.15, 0.2) is 23.1 Å². The molecule has 186 valence electrons. The second-order valence-electron chi connectivity index (χ2n) is 8.67. The Morgan fingerprint density at radius 2 is 1.17 bits per heavy atom. The van der Waals surface area contributed by atoms with Crippen molar-refractivity contribution in [1.82, 2.24) is 0 Å². The molecule has 0 unspecified atom stereocenters. The molecule has 0 aromatic heterocycles. The number of halogens is 5. The van der Waals surface area contributed by atoms with Crippen LogP contribution in [0, 0.1) is 29.1 Å². The molecule has 0 radical (unpaired) electrons. The molecule has 0 spiro atoms. The van der Waals surface area contributed by atoms with Crippen LogP contribution in [0.3, 0.4) is 0 Å². The van der Waals surface area contributed by atoms with Gasteiger partial charge in [-0.05, 0) is 86.8 Å². The Labute approximate surface area is 201 Å². The van der Waals surface area contributed by atoms with Gasteiger partial charge in [-0.1, -0.05) is 18.2 Å². The summed E-state index contributed by atoms with van der Waals surface area (Å²) < 4.78 is 82.8. The third kappa shape index (κ3) is 5.00. The van der Waals surface area contributed by atoms with E-state index < -0.39 is 29.1 Å². The fraction of sp³-hybridized carbons (Fsp3) is 0.357. The van der Waals surface area contributed by atoms with Gasteiger partial charge in [0.1, 0.15) is 5.82 Å². The Balaban J connectivity index is 1.49. The van der Waals surface area contributed by atoms with Gasteiger partial charge in [0.2, 0.25) is 11.6 Å². The van der Waals surface area contributed by atoms with E-state index in [4.69, 9.17) is 9.47 Å². The van der Waals surface area contributed by atoms with Crippen molar-refractivity contribution < 1.29 is 31.4 Å². The van der Waals surface area contributed by atoms with E-state index in [0.29, 0.717) is 31.2 Å². The van der Waals surface area contributed by atoms with Crippen LogP contribution in [0.15, 0.2) is 42.5 Å². The van der Waals surface area contributed by atoms with Gasteiger partial charge in [0, 0.05) is 11.1 Å². The lowest BCUT2D eigenvalue weighted by atomic mass is 9.76. The molecule has 0 aliphatic heterocycles. The van der Waals surface area contributed by atoms with Crippen LogP contribution in [0.25, 0.3) is 11.1 Å². The van der Waals surface area contributed by atoms with Crippen molar-refractivity contribution in [2.24, 2.45) is 0 Å². The molecule has 0 saturated heterocycles. The first kappa shape index (κ1) is 25.0. The zero-order valence-electron chi connectivity index (χ0n) is 19.6. The molecule has 0 bridgehead atoms. The van der Waals surface area contributed by atoms with Crippen molar-refractivity contribution >= 4 is 0 Å². The van der Waals surface area contributed by atoms with Gasteiger partial charge in [-0.2, -0.15) is 8.78 Å². The molecule has 0 N–H and O–H groups in total. The number of rotatable bonds is 7. The smallest absolute Gasteiger partial charge is 0.201 e. The maximum atomic E-state index is 15.0. The number of hydrogen-bond acceptors (Lipinski definition) is 2. The van der Waals surface area contributed by atoms with Gasteiger partial charge in [-0.15, -0.1) is 0 Å². The number of benzene rings is 3. The standard InChI is InChI=1S/C28H27F5O2/c1-3-34-23-13-11-19(25(30)27(23)32)17-7-5-16(6-8-17)18-9-10-20(22(29)15-18)21-12-14-24(35-4-2)28(33)26(21)31/h9-17H,3-8H2,1-2H3. The lowest BCUT2D eigenvalue weighted by molar-refractivity contribution is 0.310. The van der Waals surface area contributed by atoms with Crippen LogP contribution in [-0.4, -0.2) is 13.2 Å². The number of hydrogen-bond donors (Lipinski definition) is 0. The Kier molecular flexibility index (Phi) is 7.63. The predicted octanol–water partition coefficient (Wildman–Crippen LogP) is 8.29. The van der Waals surface area contributed by atoms with E-state index >= 15 is 0 Å². The Morgan fingerprint density at radius 1 is 0.629 bits per heavy atom. The van der Waals surface area contributed by atoms with E-state index in [2.05, 4.69) is 0 Å². The summed E-state index contributed by atoms with van der Waals surface area (Å²) in [5.41, 5.74) is 0.870. The molecule has 35 heavy (non-hydrogen) atoms. The maximum Gasteiger partial charge on any atom is 0.201 e. The van der Waals surface area contributed by atoms with Crippen molar-refractivity contribution in [3.63, 3.8) is 0 Å². The summed E-state index contributed by atoms with van der Waals surface area (Å²) in [4.78, 5) is 0. The molecule has 3 aromatic carbocycles. The Hall–Kier alpha value is -3.09. The molecule has 7 heteroatoms. The fourth-order valence-corrected chi connectivity index (χ4v) is 4.88. The first-order chi connectivity index (χ1) is 16.8. The van der Waals surface area contributed by atoms with E-state index in [-0.39, 0.29) is 47.7 Å². The summed E-state index contributed by atoms with van der Waals surface area (Å²) >= 11 is 0. The molecule has 1 saturated carbocycles. The maximum absolute atomic E-state index is 15.0. The topological polar surface area (TPSA) is 18.5 Å². The normalized spacial score (nSPS) is 17.9. The van der Waals surface area contributed by atoms with Crippen molar-refractivity contribution in [2.75, 3.05) is 13.2 Å². The van der Waals surface area contributed by atoms with Gasteiger partial charge in [0.25, 0.3) is 0 Å². The second kappa shape index (κ2) is 10.7. The highest BCUT2D eigenvalue weighted by molar-refractivity contribution is 5.66. The van der Waals surface area contributed by atoms with Crippen LogP contribution in [0.5, 0.6) is 11.5 Å². The van der Waals surface area contributed by atoms with E-state index in [1.165, 1.54) is 30.3 Å². The highest BCUT2D eigenvalue weighted by Gasteiger charge is 2.28. The van der Waals surface area contributed by atoms with Gasteiger partial charge >= 0.3 is 0 Å². The molecular formula is C28H27F5O2. The molecule has 2 nitrogen and oxygen atoms in total. The van der Waals surface area contributed by atoms with Crippen LogP contribution in [0.1, 0.15) is 62.5 Å². The van der Waals surface area contributed by atoms with Crippen molar-refractivity contribution in [2.45, 2.75) is 51.4 Å². The van der Waals surface area contributed by atoms with Crippen molar-refractivity contribution in [3.05, 3.63) is 82.7 Å². The molecular weight excluding hydrogens is 463 g/mol. The summed E-state index contributed by atoms with van der Waals surface area (Å²) in [6.45, 7) is 3.79. The van der Waals surface area contributed by atoms with E-state index in [9.17, 15) is 22.0 Å². The minimum atomic E-state index is -1.16. The molecule has 1 fully saturated rings. The second-order valence-corrected chi connectivity index (χ2v) is 8.67. The molecule has 0 amide bonds. The Morgan fingerprint density at radius 3 is 1.77 bits per heavy atom. The average molecular weight is 491 g/mol. The van der Waals surface area contributed by atoms with Crippen LogP contribution in [-0.2, 0) is 0 Å². The number of ether oxygens (including phenoxy) is 2. The molecule has 0 atom stereocenters. The Bertz CT molecular complexity index is 1200. The monoisotopic (exact) mass is 490 g/mol. The van der Waals surface area contributed by atoms with Gasteiger partial charge in [-0.25, -0.2) is 13.2 Å². The van der Waals surface area contributed by atoms with Gasteiger partial charge < -0.3 is 9.47 Å². The van der Waals surface area contributed by atoms with Gasteiger partial charge in [0.05, 0.1) is 13.2 Å². The van der Waals surface area contributed by atoms with E-state index in [1.54, 1.807) is 26.0 Å². The van der Waals surface area contributed by atoms with Crippen LogP contribution in [0.2, 0.25) is 0 Å². The van der Waals surface area contributed by atoms with Crippen LogP contribution >= 0.6 is 0 Å². The summed E-state index contributed by atoms with van der Waals surface area (Å²) in [6.07, 6.45) is 2.59. The summed E-state index contributed by atoms with van der Waals surface area (Å²) in [5.74, 6) is -5.22. The third-order valence-electron chi connectivity index (χ3n) is 6.65. The minimum absolute atomic E-state index is 0.0335. The summed E-state index contributed by atoms with van der Waals surface area (Å²) in [5, 5.41) is 0. The van der Waals surface area contributed by atoms with Gasteiger partial charge in [-0.3, -0.25) is 0 Å². The SMILES string of the molecule is CCOc1ccc(-c2ccc(C3CCC(c4ccc(OCC)c(F)c4F)CC3)cc2F)c(F)c1F. The molecule has 0 heterocycles. The highest BCUT2D eigenvalue weighted by atomic mass is 19.2. The highest BCUT2D eigenvalue weighted by Crippen LogP contribution is 2.43. The van der Waals surface area contributed by atoms with Crippen LogP contribution < -0.4 is 9.47 Å². The fourth-order valence-electron chi connectivity index (χ4n) is 4.88. The average Bonchev–Trinajstić information content (AvgIpc) is 2.86. The van der Waals surface area contributed by atoms with E-state index in [0.717, 1.165) is 5.56 Å². The zero-order valence-corrected chi connectivity index (χ0v) is 19.6. The summed E-state index contributed by atoms with van der Waals surface area (Å²) in [7, 11) is 0. The van der Waals surface area contributed by atoms with Crippen molar-refractivity contribution in [3.8, 4) is 22.6 Å². The summed E-state index contributed by atoms with van der Waals surface area (Å²) in [6, 6.07) is 10.1. The van der Waals surface area contributed by atoms with E-state index in [1.807, 2.05) is 0 Å². The molecule has 3 aromatic rings. The molecule has 1 aliphatic carbocycles. The largest absolute Gasteiger partial charge is 0.491 e. The van der Waals surface area contributed by atoms with Crippen LogP contribution in [0.4, 0.5) is 22.0 Å². The van der Waals surface area contributed by atoms with Crippen molar-refractivity contribution in [1.29, 1.82) is 0 Å². The quantitative estimate of drug-likeness (QED) is 0.310. The zero-order chi connectivity index (χ0) is 25.1. The first-order valence-corrected chi connectivity index (χ1v) is 11.9.